The molecule has 0 bridgehead atoms. The zero-order chi connectivity index (χ0) is 15.7. The topological polar surface area (TPSA) is 51.0 Å². The van der Waals surface area contributed by atoms with E-state index in [1.807, 2.05) is 5.38 Å². The third-order valence-electron chi connectivity index (χ3n) is 3.94. The van der Waals surface area contributed by atoms with Crippen molar-refractivity contribution in [2.24, 2.45) is 7.05 Å². The van der Waals surface area contributed by atoms with Gasteiger partial charge in [-0.05, 0) is 18.9 Å². The molecule has 0 radical (unpaired) electrons. The molecule has 8 heteroatoms. The summed E-state index contributed by atoms with van der Waals surface area (Å²) in [6.45, 7) is 1.20. The number of aryl methyl sites for hydroxylation is 1. The molecule has 2 aromatic rings. The first-order valence-electron chi connectivity index (χ1n) is 7.07. The molecule has 0 atom stereocenters. The summed E-state index contributed by atoms with van der Waals surface area (Å²) >= 11 is 1.63. The van der Waals surface area contributed by atoms with Gasteiger partial charge in [-0.3, -0.25) is 9.48 Å². The fourth-order valence-electron chi connectivity index (χ4n) is 2.72. The van der Waals surface area contributed by atoms with Gasteiger partial charge < -0.3 is 4.90 Å². The summed E-state index contributed by atoms with van der Waals surface area (Å²) < 4.78 is 26.6. The summed E-state index contributed by atoms with van der Waals surface area (Å²) in [6, 6.07) is 1.18. The van der Waals surface area contributed by atoms with E-state index in [2.05, 4.69) is 10.1 Å². The van der Waals surface area contributed by atoms with Crippen molar-refractivity contribution in [3.8, 4) is 0 Å². The van der Waals surface area contributed by atoms with Crippen molar-refractivity contribution in [2.75, 3.05) is 13.1 Å². The minimum Gasteiger partial charge on any atom is -0.337 e. The largest absolute Gasteiger partial charge is 0.337 e. The summed E-state index contributed by atoms with van der Waals surface area (Å²) in [4.78, 5) is 18.4. The van der Waals surface area contributed by atoms with Gasteiger partial charge in [-0.1, -0.05) is 0 Å². The number of halogens is 2. The number of nitrogens with zero attached hydrogens (tertiary/aromatic N) is 4. The Hall–Kier alpha value is -1.83. The lowest BCUT2D eigenvalue weighted by atomic mass is 9.97. The lowest BCUT2D eigenvalue weighted by molar-refractivity contribution is 0.0706. The van der Waals surface area contributed by atoms with Crippen molar-refractivity contribution in [1.82, 2.24) is 19.7 Å². The van der Waals surface area contributed by atoms with Gasteiger partial charge >= 0.3 is 0 Å². The molecule has 3 heterocycles. The minimum absolute atomic E-state index is 0.0884. The monoisotopic (exact) mass is 326 g/mol. The number of carbonyl (C=O) groups is 1. The van der Waals surface area contributed by atoms with Gasteiger partial charge in [0.15, 0.2) is 5.69 Å². The molecule has 1 aliphatic rings. The smallest absolute Gasteiger partial charge is 0.280 e. The average molecular weight is 326 g/mol. The molecule has 0 N–H and O–H groups in total. The Morgan fingerprint density at radius 2 is 2.14 bits per heavy atom. The molecule has 1 aliphatic heterocycles. The second-order valence-corrected chi connectivity index (χ2v) is 6.24. The van der Waals surface area contributed by atoms with Gasteiger partial charge in [0, 0.05) is 37.6 Å². The van der Waals surface area contributed by atoms with Crippen LogP contribution >= 0.6 is 11.3 Å². The van der Waals surface area contributed by atoms with Gasteiger partial charge in [-0.15, -0.1) is 11.3 Å². The van der Waals surface area contributed by atoms with Crippen LogP contribution in [0.3, 0.4) is 0 Å². The van der Waals surface area contributed by atoms with Crippen LogP contribution < -0.4 is 0 Å². The Kier molecular flexibility index (Phi) is 4.19. The molecule has 3 rings (SSSR count). The fourth-order valence-corrected chi connectivity index (χ4v) is 3.53. The van der Waals surface area contributed by atoms with E-state index in [9.17, 15) is 13.6 Å². The van der Waals surface area contributed by atoms with Crippen molar-refractivity contribution < 1.29 is 13.6 Å². The molecule has 1 saturated heterocycles. The van der Waals surface area contributed by atoms with E-state index in [4.69, 9.17) is 0 Å². The summed E-state index contributed by atoms with van der Waals surface area (Å²) in [5, 5.41) is 6.96. The highest BCUT2D eigenvalue weighted by atomic mass is 32.1. The Labute approximate surface area is 130 Å². The van der Waals surface area contributed by atoms with E-state index in [-0.39, 0.29) is 17.3 Å². The molecule has 0 spiro atoms. The highest BCUT2D eigenvalue weighted by molar-refractivity contribution is 7.09. The van der Waals surface area contributed by atoms with E-state index in [0.29, 0.717) is 19.0 Å². The molecule has 2 aromatic heterocycles. The van der Waals surface area contributed by atoms with Crippen LogP contribution in [0.1, 0.15) is 46.4 Å². The van der Waals surface area contributed by atoms with Crippen LogP contribution in [0.25, 0.3) is 0 Å². The molecule has 0 unspecified atom stereocenters. The Bertz CT molecular complexity index is 648. The van der Waals surface area contributed by atoms with E-state index in [1.54, 1.807) is 22.4 Å². The number of hydrogen-bond donors (Lipinski definition) is 0. The van der Waals surface area contributed by atoms with E-state index in [1.165, 1.54) is 13.1 Å². The molecule has 1 fully saturated rings. The van der Waals surface area contributed by atoms with Crippen LogP contribution in [0.15, 0.2) is 17.6 Å². The van der Waals surface area contributed by atoms with Gasteiger partial charge in [0.25, 0.3) is 12.3 Å². The van der Waals surface area contributed by atoms with Crippen molar-refractivity contribution >= 4 is 17.2 Å². The first-order chi connectivity index (χ1) is 10.6. The van der Waals surface area contributed by atoms with Crippen molar-refractivity contribution in [1.29, 1.82) is 0 Å². The minimum atomic E-state index is -2.63. The van der Waals surface area contributed by atoms with Crippen LogP contribution in [-0.2, 0) is 7.05 Å². The first-order valence-corrected chi connectivity index (χ1v) is 7.95. The predicted octanol–water partition coefficient (Wildman–Crippen LogP) is 2.83. The number of likely N-dealkylation sites (tertiary alicyclic amines) is 1. The molecule has 0 aromatic carbocycles. The average Bonchev–Trinajstić information content (AvgIpc) is 3.16. The number of carbonyl (C=O) groups excluding carboxylic acids is 1. The number of rotatable bonds is 3. The quantitative estimate of drug-likeness (QED) is 0.871. The van der Waals surface area contributed by atoms with Gasteiger partial charge in [0.05, 0.1) is 5.01 Å². The Balaban J connectivity index is 1.66. The van der Waals surface area contributed by atoms with Crippen LogP contribution in [0.4, 0.5) is 8.78 Å². The van der Waals surface area contributed by atoms with E-state index in [0.717, 1.165) is 22.5 Å². The lowest BCUT2D eigenvalue weighted by Crippen LogP contribution is -2.38. The zero-order valence-electron chi connectivity index (χ0n) is 12.1. The van der Waals surface area contributed by atoms with E-state index < -0.39 is 6.43 Å². The van der Waals surface area contributed by atoms with Crippen molar-refractivity contribution in [3.63, 3.8) is 0 Å². The Morgan fingerprint density at radius 1 is 1.41 bits per heavy atom. The normalized spacial score (nSPS) is 16.5. The first kappa shape index (κ1) is 15.1. The molecular weight excluding hydrogens is 310 g/mol. The van der Waals surface area contributed by atoms with Gasteiger partial charge in [-0.25, -0.2) is 13.8 Å². The number of piperidine rings is 1. The molecule has 0 aliphatic carbocycles. The third kappa shape index (κ3) is 2.87. The van der Waals surface area contributed by atoms with Gasteiger partial charge in [0.2, 0.25) is 0 Å². The standard InChI is InChI=1S/C14H16F2N4OS/c1-19-11(12(15)16)8-10(18-19)14(21)20-5-2-9(3-6-20)13-17-4-7-22-13/h4,7-9,12H,2-3,5-6H2,1H3. The number of amides is 1. The molecule has 22 heavy (non-hydrogen) atoms. The highest BCUT2D eigenvalue weighted by Crippen LogP contribution is 2.30. The predicted molar refractivity (Wildman–Crippen MR) is 78.2 cm³/mol. The van der Waals surface area contributed by atoms with Crippen LogP contribution in [0, 0.1) is 0 Å². The second-order valence-electron chi connectivity index (χ2n) is 5.32. The third-order valence-corrected chi connectivity index (χ3v) is 4.88. The maximum absolute atomic E-state index is 12.8. The summed E-state index contributed by atoms with van der Waals surface area (Å²) in [5.41, 5.74) is -0.147. The number of hydrogen-bond acceptors (Lipinski definition) is 4. The fraction of sp³-hybridized carbons (Fsp3) is 0.500. The summed E-state index contributed by atoms with van der Waals surface area (Å²) in [5.74, 6) is 0.101. The maximum Gasteiger partial charge on any atom is 0.280 e. The van der Waals surface area contributed by atoms with Crippen molar-refractivity contribution in [2.45, 2.75) is 25.2 Å². The second kappa shape index (κ2) is 6.12. The molecule has 0 saturated carbocycles. The van der Waals surface area contributed by atoms with E-state index >= 15 is 0 Å². The number of alkyl halides is 2. The lowest BCUT2D eigenvalue weighted by Gasteiger charge is -2.30. The summed E-state index contributed by atoms with van der Waals surface area (Å²) in [7, 11) is 1.42. The SMILES string of the molecule is Cn1nc(C(=O)N2CCC(c3nccs3)CC2)cc1C(F)F. The number of thiazole rings is 1. The molecular formula is C14H16F2N4OS. The van der Waals surface area contributed by atoms with Crippen LogP contribution in [-0.4, -0.2) is 38.7 Å². The molecule has 5 nitrogen and oxygen atoms in total. The van der Waals surface area contributed by atoms with Gasteiger partial charge in [-0.2, -0.15) is 5.10 Å². The summed E-state index contributed by atoms with van der Waals surface area (Å²) in [6.07, 6.45) is 0.841. The Morgan fingerprint density at radius 3 is 2.68 bits per heavy atom. The van der Waals surface area contributed by atoms with Crippen LogP contribution in [0.2, 0.25) is 0 Å². The van der Waals surface area contributed by atoms with Gasteiger partial charge in [0.1, 0.15) is 5.69 Å². The highest BCUT2D eigenvalue weighted by Gasteiger charge is 2.28. The zero-order valence-corrected chi connectivity index (χ0v) is 12.9. The molecule has 1 amide bonds. The number of aromatic nitrogens is 3. The van der Waals surface area contributed by atoms with Crippen LogP contribution in [0.5, 0.6) is 0 Å². The van der Waals surface area contributed by atoms with Crippen molar-refractivity contribution in [3.05, 3.63) is 34.0 Å². The maximum atomic E-state index is 12.8. The molecule has 118 valence electrons.